The van der Waals surface area contributed by atoms with E-state index in [2.05, 4.69) is 0 Å². The normalized spacial score (nSPS) is 14.1. The number of aliphatic hydroxyl groups excluding tert-OH is 1. The number of hydrogen-bond donors (Lipinski definition) is 1. The molecule has 0 radical (unpaired) electrons. The summed E-state index contributed by atoms with van der Waals surface area (Å²) < 4.78 is 0. The lowest BCUT2D eigenvalue weighted by Crippen LogP contribution is -2.23. The molecule has 0 bridgehead atoms. The summed E-state index contributed by atoms with van der Waals surface area (Å²) in [6.07, 6.45) is -1.35. The molecule has 16 heavy (non-hydrogen) atoms. The van der Waals surface area contributed by atoms with Crippen LogP contribution in [0.5, 0.6) is 0 Å². The molecule has 0 spiro atoms. The molecule has 0 amide bonds. The minimum Gasteiger partial charge on any atom is -0.381 e. The zero-order valence-corrected chi connectivity index (χ0v) is 8.44. The predicted molar refractivity (Wildman–Crippen MR) is 54.5 cm³/mol. The zero-order valence-electron chi connectivity index (χ0n) is 8.44. The van der Waals surface area contributed by atoms with Gasteiger partial charge >= 0.3 is 0 Å². The van der Waals surface area contributed by atoms with Crippen LogP contribution in [0.15, 0.2) is 24.3 Å². The van der Waals surface area contributed by atoms with Crippen molar-refractivity contribution in [2.75, 3.05) is 0 Å². The number of nitro groups is 2. The van der Waals surface area contributed by atoms with Crippen LogP contribution in [0.2, 0.25) is 0 Å². The van der Waals surface area contributed by atoms with Crippen molar-refractivity contribution in [3.8, 4) is 0 Å². The Balaban J connectivity index is 3.00. The van der Waals surface area contributed by atoms with Crippen molar-refractivity contribution < 1.29 is 15.0 Å². The number of nitro benzene ring substituents is 1. The Morgan fingerprint density at radius 1 is 1.31 bits per heavy atom. The molecule has 0 aliphatic carbocycles. The molecule has 0 fully saturated rings. The van der Waals surface area contributed by atoms with E-state index in [1.54, 1.807) is 0 Å². The second kappa shape index (κ2) is 4.67. The van der Waals surface area contributed by atoms with Crippen molar-refractivity contribution in [2.45, 2.75) is 19.1 Å². The van der Waals surface area contributed by atoms with E-state index in [0.29, 0.717) is 0 Å². The fraction of sp³-hybridized carbons (Fsp3) is 0.333. The Labute approximate surface area is 90.6 Å². The lowest BCUT2D eigenvalue weighted by molar-refractivity contribution is -0.531. The van der Waals surface area contributed by atoms with Gasteiger partial charge in [-0.2, -0.15) is 0 Å². The number of non-ortho nitro benzene ring substituents is 1. The van der Waals surface area contributed by atoms with E-state index >= 15 is 0 Å². The Hall–Kier alpha value is -2.02. The van der Waals surface area contributed by atoms with E-state index in [0.717, 1.165) is 6.07 Å². The molecule has 1 aromatic carbocycles. The molecular formula is C9H10N2O5. The van der Waals surface area contributed by atoms with E-state index in [9.17, 15) is 25.3 Å². The first-order valence-corrected chi connectivity index (χ1v) is 4.49. The molecule has 1 rings (SSSR count). The van der Waals surface area contributed by atoms with Gasteiger partial charge < -0.3 is 5.11 Å². The molecule has 0 unspecified atom stereocenters. The third kappa shape index (κ3) is 2.51. The molecule has 0 aliphatic rings. The van der Waals surface area contributed by atoms with E-state index in [1.165, 1.54) is 25.1 Å². The van der Waals surface area contributed by atoms with Crippen LogP contribution < -0.4 is 0 Å². The maximum absolute atomic E-state index is 10.5. The summed E-state index contributed by atoms with van der Waals surface area (Å²) in [7, 11) is 0. The lowest BCUT2D eigenvalue weighted by Gasteiger charge is -2.11. The molecule has 1 N–H and O–H groups in total. The summed E-state index contributed by atoms with van der Waals surface area (Å²) in [5.41, 5.74) is -0.0366. The highest BCUT2D eigenvalue weighted by Crippen LogP contribution is 2.22. The van der Waals surface area contributed by atoms with Crippen LogP contribution in [0.1, 0.15) is 18.6 Å². The molecular weight excluding hydrogens is 216 g/mol. The largest absolute Gasteiger partial charge is 0.381 e. The zero-order chi connectivity index (χ0) is 12.3. The Morgan fingerprint density at radius 2 is 1.94 bits per heavy atom. The second-order valence-electron chi connectivity index (χ2n) is 3.32. The highest BCUT2D eigenvalue weighted by Gasteiger charge is 2.26. The molecule has 2 atom stereocenters. The van der Waals surface area contributed by atoms with Gasteiger partial charge in [0.25, 0.3) is 5.69 Å². The number of nitrogens with zero attached hydrogens (tertiary/aromatic N) is 2. The van der Waals surface area contributed by atoms with E-state index in [1.807, 2.05) is 0 Å². The second-order valence-corrected chi connectivity index (χ2v) is 3.32. The van der Waals surface area contributed by atoms with Crippen LogP contribution in [0.4, 0.5) is 5.69 Å². The Bertz CT molecular complexity index is 420. The van der Waals surface area contributed by atoms with Crippen LogP contribution in [0.3, 0.4) is 0 Å². The van der Waals surface area contributed by atoms with Crippen molar-refractivity contribution >= 4 is 5.69 Å². The highest BCUT2D eigenvalue weighted by molar-refractivity contribution is 5.35. The van der Waals surface area contributed by atoms with Crippen molar-refractivity contribution in [1.82, 2.24) is 0 Å². The SMILES string of the molecule is C[C@H]([C@H](O)c1cccc([N+](=O)[O-])c1)[N+](=O)[O-]. The molecule has 7 heteroatoms. The van der Waals surface area contributed by atoms with Gasteiger partial charge in [-0.3, -0.25) is 20.2 Å². The van der Waals surface area contributed by atoms with Crippen molar-refractivity contribution in [3.05, 3.63) is 50.1 Å². The quantitative estimate of drug-likeness (QED) is 0.614. The van der Waals surface area contributed by atoms with Gasteiger partial charge in [0, 0.05) is 24.0 Å². The highest BCUT2D eigenvalue weighted by atomic mass is 16.6. The molecule has 0 saturated heterocycles. The molecule has 0 aromatic heterocycles. The monoisotopic (exact) mass is 226 g/mol. The topological polar surface area (TPSA) is 107 Å². The summed E-state index contributed by atoms with van der Waals surface area (Å²) >= 11 is 0. The predicted octanol–water partition coefficient (Wildman–Crippen LogP) is 1.29. The average molecular weight is 226 g/mol. The van der Waals surface area contributed by atoms with Crippen molar-refractivity contribution in [3.63, 3.8) is 0 Å². The summed E-state index contributed by atoms with van der Waals surface area (Å²) in [6, 6.07) is 3.97. The molecule has 1 aromatic rings. The minimum atomic E-state index is -1.35. The summed E-state index contributed by atoms with van der Waals surface area (Å²) in [5, 5.41) is 30.5. The maximum atomic E-state index is 10.5. The van der Waals surface area contributed by atoms with Gasteiger partial charge in [-0.05, 0) is 5.56 Å². The molecule has 0 saturated carbocycles. The first-order valence-electron chi connectivity index (χ1n) is 4.49. The third-order valence-corrected chi connectivity index (χ3v) is 2.21. The first kappa shape index (κ1) is 12.1. The van der Waals surface area contributed by atoms with Gasteiger partial charge in [0.1, 0.15) is 6.10 Å². The summed E-state index contributed by atoms with van der Waals surface area (Å²) in [5.74, 6) is 0. The van der Waals surface area contributed by atoms with Gasteiger partial charge in [0.15, 0.2) is 0 Å². The Morgan fingerprint density at radius 3 is 2.44 bits per heavy atom. The van der Waals surface area contributed by atoms with Crippen LogP contribution in [-0.4, -0.2) is 21.0 Å². The van der Waals surface area contributed by atoms with Crippen LogP contribution in [-0.2, 0) is 0 Å². The van der Waals surface area contributed by atoms with Crippen molar-refractivity contribution in [2.24, 2.45) is 0 Å². The molecule has 0 heterocycles. The van der Waals surface area contributed by atoms with E-state index < -0.39 is 22.0 Å². The minimum absolute atomic E-state index is 0.165. The van der Waals surface area contributed by atoms with Gasteiger partial charge in [-0.15, -0.1) is 0 Å². The fourth-order valence-electron chi connectivity index (χ4n) is 1.22. The Kier molecular flexibility index (Phi) is 3.51. The van der Waals surface area contributed by atoms with Crippen LogP contribution >= 0.6 is 0 Å². The molecule has 7 nitrogen and oxygen atoms in total. The first-order chi connectivity index (χ1) is 7.43. The maximum Gasteiger partial charge on any atom is 0.269 e. The number of aliphatic hydroxyl groups is 1. The van der Waals surface area contributed by atoms with Crippen molar-refractivity contribution in [1.29, 1.82) is 0 Å². The van der Waals surface area contributed by atoms with E-state index in [-0.39, 0.29) is 11.3 Å². The van der Waals surface area contributed by atoms with Crippen LogP contribution in [0.25, 0.3) is 0 Å². The molecule has 86 valence electrons. The summed E-state index contributed by atoms with van der Waals surface area (Å²) in [4.78, 5) is 19.7. The number of benzene rings is 1. The lowest BCUT2D eigenvalue weighted by atomic mass is 10.0. The standard InChI is InChI=1S/C9H10N2O5/c1-6(10(13)14)9(12)7-3-2-4-8(5-7)11(15)16/h2-6,9,12H,1H3/t6-,9+/m1/s1. The van der Waals surface area contributed by atoms with E-state index in [4.69, 9.17) is 0 Å². The number of rotatable bonds is 4. The van der Waals surface area contributed by atoms with Crippen LogP contribution in [0, 0.1) is 20.2 Å². The smallest absolute Gasteiger partial charge is 0.269 e. The molecule has 0 aliphatic heterocycles. The van der Waals surface area contributed by atoms with Gasteiger partial charge in [0.05, 0.1) is 4.92 Å². The fourth-order valence-corrected chi connectivity index (χ4v) is 1.22. The third-order valence-electron chi connectivity index (χ3n) is 2.21. The van der Waals surface area contributed by atoms with Gasteiger partial charge in [0.2, 0.25) is 6.04 Å². The average Bonchev–Trinajstić information content (AvgIpc) is 2.27. The summed E-state index contributed by atoms with van der Waals surface area (Å²) in [6.45, 7) is 1.24. The van der Waals surface area contributed by atoms with Gasteiger partial charge in [-0.1, -0.05) is 12.1 Å². The van der Waals surface area contributed by atoms with Gasteiger partial charge in [-0.25, -0.2) is 0 Å². The number of hydrogen-bond acceptors (Lipinski definition) is 5.